The largest absolute Gasteiger partial charge is 0.264 e. The van der Waals surface area contributed by atoms with Gasteiger partial charge < -0.3 is 0 Å². The number of nitrogens with zero attached hydrogens (tertiary/aromatic N) is 4. The van der Waals surface area contributed by atoms with Crippen molar-refractivity contribution in [1.82, 2.24) is 19.9 Å². The normalized spacial score (nSPS) is 11.3. The molecule has 138 valence electrons. The smallest absolute Gasteiger partial charge is 0.0348 e. The summed E-state index contributed by atoms with van der Waals surface area (Å²) >= 11 is 0. The predicted octanol–water partition coefficient (Wildman–Crippen LogP) is 3.18. The van der Waals surface area contributed by atoms with Crippen LogP contribution in [0.15, 0.2) is 98.1 Å². The van der Waals surface area contributed by atoms with Gasteiger partial charge in [-0.15, -0.1) is 0 Å². The Kier molecular flexibility index (Phi) is 6.11. The van der Waals surface area contributed by atoms with E-state index < -0.39 is 15.8 Å². The molecule has 4 aromatic rings. The van der Waals surface area contributed by atoms with Crippen molar-refractivity contribution in [2.45, 2.75) is 12.3 Å². The second-order valence-electron chi connectivity index (χ2n) is 6.22. The molecule has 0 aliphatic carbocycles. The van der Waals surface area contributed by atoms with Gasteiger partial charge in [-0.25, -0.2) is 0 Å². The highest BCUT2D eigenvalue weighted by Crippen LogP contribution is 2.55. The van der Waals surface area contributed by atoms with E-state index in [-0.39, 0.29) is 0 Å². The van der Waals surface area contributed by atoms with Crippen LogP contribution in [0.4, 0.5) is 0 Å². The fraction of sp³-hybridized carbons (Fsp3) is 0.0909. The van der Waals surface area contributed by atoms with Gasteiger partial charge in [-0.1, -0.05) is 31.2 Å². The van der Waals surface area contributed by atoms with Gasteiger partial charge in [0.05, 0.1) is 0 Å². The minimum Gasteiger partial charge on any atom is -0.264 e. The van der Waals surface area contributed by atoms with Crippen molar-refractivity contribution in [2.24, 2.45) is 0 Å². The molecule has 0 N–H and O–H groups in total. The second kappa shape index (κ2) is 9.10. The summed E-state index contributed by atoms with van der Waals surface area (Å²) in [5.74, 6) is 0. The Morgan fingerprint density at radius 2 is 0.821 bits per heavy atom. The lowest BCUT2D eigenvalue weighted by atomic mass is 10.5. The van der Waals surface area contributed by atoms with Crippen molar-refractivity contribution < 1.29 is 0 Å². The van der Waals surface area contributed by atoms with Gasteiger partial charge in [-0.3, -0.25) is 19.9 Å². The molecule has 4 aromatic heterocycles. The Bertz CT molecular complexity index is 824. The van der Waals surface area contributed by atoms with Crippen LogP contribution in [-0.4, -0.2) is 25.3 Å². The van der Waals surface area contributed by atoms with Crippen LogP contribution in [0.25, 0.3) is 0 Å². The van der Waals surface area contributed by atoms with Crippen LogP contribution in [0, 0.1) is 0 Å². The first kappa shape index (κ1) is 18.8. The molecule has 0 atom stereocenters. The van der Waals surface area contributed by atoms with Crippen molar-refractivity contribution in [3.8, 4) is 0 Å². The number of hydrogen-bond acceptors (Lipinski definition) is 4. The molecular weight excluding hydrogens is 382 g/mol. The molecule has 0 spiro atoms. The third-order valence-electron chi connectivity index (χ3n) is 4.44. The summed E-state index contributed by atoms with van der Waals surface area (Å²) in [5.41, 5.74) is 0. The molecule has 0 aliphatic heterocycles. The molecule has 0 aliphatic rings. The van der Waals surface area contributed by atoms with E-state index >= 15 is 0 Å². The monoisotopic (exact) mass is 402 g/mol. The lowest BCUT2D eigenvalue weighted by Crippen LogP contribution is -2.26. The summed E-state index contributed by atoms with van der Waals surface area (Å²) in [6.45, 7) is 2.34. The highest BCUT2D eigenvalue weighted by atomic mass is 31.2. The number of rotatable bonds is 6. The zero-order valence-electron chi connectivity index (χ0n) is 15.5. The van der Waals surface area contributed by atoms with Crippen molar-refractivity contribution in [1.29, 1.82) is 0 Å². The Labute approximate surface area is 167 Å². The molecule has 0 fully saturated rings. The van der Waals surface area contributed by atoms with E-state index in [4.69, 9.17) is 0 Å². The summed E-state index contributed by atoms with van der Waals surface area (Å²) in [7, 11) is -1.30. The van der Waals surface area contributed by atoms with Crippen molar-refractivity contribution >= 4 is 37.1 Å². The van der Waals surface area contributed by atoms with Crippen LogP contribution >= 0.6 is 15.8 Å². The van der Waals surface area contributed by atoms with Gasteiger partial charge in [0.2, 0.25) is 0 Å². The minimum absolute atomic E-state index is 0.367. The van der Waals surface area contributed by atoms with Gasteiger partial charge in [-0.05, 0) is 61.3 Å². The fourth-order valence-corrected chi connectivity index (χ4v) is 9.86. The maximum absolute atomic E-state index is 4.40. The van der Waals surface area contributed by atoms with Crippen molar-refractivity contribution in [3.05, 3.63) is 98.1 Å². The van der Waals surface area contributed by atoms with Crippen LogP contribution in [0.3, 0.4) is 0 Å². The zero-order chi connectivity index (χ0) is 19.2. The molecule has 0 unspecified atom stereocenters. The molecule has 4 heterocycles. The van der Waals surface area contributed by atoms with Gasteiger partial charge in [0, 0.05) is 55.0 Å². The molecule has 4 rings (SSSR count). The van der Waals surface area contributed by atoms with Gasteiger partial charge in [-0.2, -0.15) is 0 Å². The van der Waals surface area contributed by atoms with Crippen molar-refractivity contribution in [3.63, 3.8) is 0 Å². The zero-order valence-corrected chi connectivity index (χ0v) is 17.3. The number of aromatic nitrogens is 4. The molecule has 0 aromatic carbocycles. The number of pyridine rings is 4. The SMILES string of the molecule is CC(P(c1cccnc1)c1cccnc1)P(c1cccnc1)c1cccnc1. The lowest BCUT2D eigenvalue weighted by molar-refractivity contribution is 1.31. The molecule has 0 saturated carbocycles. The van der Waals surface area contributed by atoms with Gasteiger partial charge >= 0.3 is 0 Å². The van der Waals surface area contributed by atoms with Crippen LogP contribution in [0.2, 0.25) is 0 Å². The van der Waals surface area contributed by atoms with E-state index in [0.717, 1.165) is 0 Å². The molecule has 0 amide bonds. The van der Waals surface area contributed by atoms with E-state index in [0.29, 0.717) is 5.40 Å². The molecular formula is C22H20N4P2. The third kappa shape index (κ3) is 4.14. The van der Waals surface area contributed by atoms with E-state index in [2.05, 4.69) is 51.1 Å². The molecule has 0 bridgehead atoms. The highest BCUT2D eigenvalue weighted by Gasteiger charge is 2.30. The van der Waals surface area contributed by atoms with Gasteiger partial charge in [0.1, 0.15) is 0 Å². The topological polar surface area (TPSA) is 51.6 Å². The molecule has 28 heavy (non-hydrogen) atoms. The van der Waals surface area contributed by atoms with E-state index in [1.54, 1.807) is 0 Å². The standard InChI is InChI=1S/C22H20N4P2/c1-18(27(19-6-2-10-23-14-19)20-7-3-11-24-15-20)28(21-8-4-12-25-16-21)22-9-5-13-26-17-22/h2-18H,1H3. The third-order valence-corrected chi connectivity index (χ3v) is 10.6. The average Bonchev–Trinajstić information content (AvgIpc) is 2.77. The Morgan fingerprint density at radius 3 is 1.04 bits per heavy atom. The quantitative estimate of drug-likeness (QED) is 0.465. The predicted molar refractivity (Wildman–Crippen MR) is 119 cm³/mol. The summed E-state index contributed by atoms with van der Waals surface area (Å²) in [5, 5.41) is 5.42. The molecule has 6 heteroatoms. The number of hydrogen-bond donors (Lipinski definition) is 0. The first-order valence-electron chi connectivity index (χ1n) is 9.03. The maximum atomic E-state index is 4.40. The van der Waals surface area contributed by atoms with Crippen LogP contribution in [-0.2, 0) is 0 Å². The van der Waals surface area contributed by atoms with Crippen LogP contribution in [0.1, 0.15) is 6.92 Å². The van der Waals surface area contributed by atoms with E-state index in [9.17, 15) is 0 Å². The summed E-state index contributed by atoms with van der Waals surface area (Å²) in [4.78, 5) is 17.6. The fourth-order valence-electron chi connectivity index (χ4n) is 3.26. The average molecular weight is 402 g/mol. The summed E-state index contributed by atoms with van der Waals surface area (Å²) < 4.78 is 0. The molecule has 0 radical (unpaired) electrons. The Balaban J connectivity index is 1.84. The molecule has 4 nitrogen and oxygen atoms in total. The molecule has 0 saturated heterocycles. The van der Waals surface area contributed by atoms with Crippen LogP contribution in [0.5, 0.6) is 0 Å². The summed E-state index contributed by atoms with van der Waals surface area (Å²) in [6.07, 6.45) is 15.3. The summed E-state index contributed by atoms with van der Waals surface area (Å²) in [6, 6.07) is 16.8. The van der Waals surface area contributed by atoms with Crippen molar-refractivity contribution in [2.75, 3.05) is 0 Å². The van der Waals surface area contributed by atoms with Crippen LogP contribution < -0.4 is 21.2 Å². The Morgan fingerprint density at radius 1 is 0.536 bits per heavy atom. The first-order valence-corrected chi connectivity index (χ1v) is 11.9. The first-order chi connectivity index (χ1) is 13.8. The second-order valence-corrected chi connectivity index (χ2v) is 11.7. The highest BCUT2D eigenvalue weighted by molar-refractivity contribution is 7.89. The maximum Gasteiger partial charge on any atom is 0.0348 e. The van der Waals surface area contributed by atoms with Gasteiger partial charge in [0.25, 0.3) is 0 Å². The lowest BCUT2D eigenvalue weighted by Gasteiger charge is -2.32. The minimum atomic E-state index is -0.650. The van der Waals surface area contributed by atoms with Gasteiger partial charge in [0.15, 0.2) is 0 Å². The van der Waals surface area contributed by atoms with E-state index in [1.807, 2.05) is 73.8 Å². The Hall–Kier alpha value is -2.54. The van der Waals surface area contributed by atoms with E-state index in [1.165, 1.54) is 21.2 Å².